The van der Waals surface area contributed by atoms with Crippen molar-refractivity contribution in [3.63, 3.8) is 0 Å². The van der Waals surface area contributed by atoms with Crippen LogP contribution < -0.4 is 4.90 Å². The molecule has 0 radical (unpaired) electrons. The molecule has 0 saturated carbocycles. The highest BCUT2D eigenvalue weighted by atomic mass is 35.5. The Bertz CT molecular complexity index is 535. The van der Waals surface area contributed by atoms with Crippen molar-refractivity contribution in [3.8, 4) is 0 Å². The van der Waals surface area contributed by atoms with Gasteiger partial charge in [-0.15, -0.1) is 0 Å². The standard InChI is InChI=1S/C17H25ClN2O2/c1-12-10-14(18)11-13(2)15(12)19-6-8-20(9-7-19)16(21)22-17(3,4)5/h10-11H,6-9H2,1-5H3. The van der Waals surface area contributed by atoms with Crippen molar-refractivity contribution in [2.24, 2.45) is 0 Å². The summed E-state index contributed by atoms with van der Waals surface area (Å²) < 4.78 is 5.43. The fourth-order valence-electron chi connectivity index (χ4n) is 2.84. The maximum Gasteiger partial charge on any atom is 0.410 e. The quantitative estimate of drug-likeness (QED) is 0.782. The number of amides is 1. The summed E-state index contributed by atoms with van der Waals surface area (Å²) in [6, 6.07) is 3.98. The van der Waals surface area contributed by atoms with E-state index in [2.05, 4.69) is 18.7 Å². The number of carbonyl (C=O) groups is 1. The molecule has 0 spiro atoms. The summed E-state index contributed by atoms with van der Waals surface area (Å²) in [5.41, 5.74) is 3.14. The molecule has 1 fully saturated rings. The number of nitrogens with zero attached hydrogens (tertiary/aromatic N) is 2. The highest BCUT2D eigenvalue weighted by Gasteiger charge is 2.26. The zero-order chi connectivity index (χ0) is 16.5. The van der Waals surface area contributed by atoms with Crippen molar-refractivity contribution in [1.82, 2.24) is 4.90 Å². The van der Waals surface area contributed by atoms with E-state index in [9.17, 15) is 4.79 Å². The minimum atomic E-state index is -0.447. The molecule has 5 heteroatoms. The Hall–Kier alpha value is -1.42. The van der Waals surface area contributed by atoms with Gasteiger partial charge in [0.1, 0.15) is 5.60 Å². The first kappa shape index (κ1) is 16.9. The molecular formula is C17H25ClN2O2. The van der Waals surface area contributed by atoms with Gasteiger partial charge >= 0.3 is 6.09 Å². The number of anilines is 1. The Balaban J connectivity index is 2.02. The SMILES string of the molecule is Cc1cc(Cl)cc(C)c1N1CCN(C(=O)OC(C)(C)C)CC1. The molecule has 22 heavy (non-hydrogen) atoms. The fraction of sp³-hybridized carbons (Fsp3) is 0.588. The molecule has 2 rings (SSSR count). The second-order valence-corrected chi connectivity index (χ2v) is 7.28. The maximum atomic E-state index is 12.1. The lowest BCUT2D eigenvalue weighted by molar-refractivity contribution is 0.0240. The minimum absolute atomic E-state index is 0.225. The molecule has 0 unspecified atom stereocenters. The third-order valence-corrected chi connectivity index (χ3v) is 3.92. The first-order valence-corrected chi connectivity index (χ1v) is 8.05. The number of rotatable bonds is 1. The van der Waals surface area contributed by atoms with Gasteiger partial charge in [-0.05, 0) is 57.9 Å². The van der Waals surface area contributed by atoms with Crippen LogP contribution in [0.2, 0.25) is 5.02 Å². The molecule has 1 heterocycles. The summed E-state index contributed by atoms with van der Waals surface area (Å²) in [5.74, 6) is 0. The van der Waals surface area contributed by atoms with Crippen LogP contribution in [0.15, 0.2) is 12.1 Å². The average Bonchev–Trinajstić information content (AvgIpc) is 2.36. The molecule has 1 aromatic carbocycles. The molecular weight excluding hydrogens is 300 g/mol. The van der Waals surface area contributed by atoms with Crippen LogP contribution >= 0.6 is 11.6 Å². The number of piperazine rings is 1. The van der Waals surface area contributed by atoms with Crippen LogP contribution in [-0.2, 0) is 4.74 Å². The van der Waals surface area contributed by atoms with E-state index < -0.39 is 5.60 Å². The topological polar surface area (TPSA) is 32.8 Å². The molecule has 1 aliphatic rings. The van der Waals surface area contributed by atoms with Gasteiger partial charge in [-0.2, -0.15) is 0 Å². The van der Waals surface area contributed by atoms with Crippen LogP contribution in [0.25, 0.3) is 0 Å². The highest BCUT2D eigenvalue weighted by molar-refractivity contribution is 6.30. The number of ether oxygens (including phenoxy) is 1. The summed E-state index contributed by atoms with van der Waals surface area (Å²) in [7, 11) is 0. The van der Waals surface area contributed by atoms with Crippen molar-refractivity contribution in [2.75, 3.05) is 31.1 Å². The molecule has 4 nitrogen and oxygen atoms in total. The molecule has 0 aliphatic carbocycles. The molecule has 0 N–H and O–H groups in total. The Morgan fingerprint density at radius 1 is 1.09 bits per heavy atom. The van der Waals surface area contributed by atoms with Crippen LogP contribution in [0.3, 0.4) is 0 Å². The van der Waals surface area contributed by atoms with Gasteiger partial charge in [-0.3, -0.25) is 0 Å². The van der Waals surface area contributed by atoms with E-state index in [1.54, 1.807) is 4.90 Å². The summed E-state index contributed by atoms with van der Waals surface area (Å²) in [5, 5.41) is 0.770. The molecule has 1 aromatic rings. The molecule has 0 aromatic heterocycles. The van der Waals surface area contributed by atoms with Crippen molar-refractivity contribution in [3.05, 3.63) is 28.3 Å². The van der Waals surface area contributed by atoms with E-state index >= 15 is 0 Å². The monoisotopic (exact) mass is 324 g/mol. The van der Waals surface area contributed by atoms with Crippen LogP contribution in [0, 0.1) is 13.8 Å². The van der Waals surface area contributed by atoms with E-state index in [1.807, 2.05) is 32.9 Å². The second kappa shape index (κ2) is 6.37. The summed E-state index contributed by atoms with van der Waals surface area (Å²) in [4.78, 5) is 16.2. The number of hydrogen-bond donors (Lipinski definition) is 0. The highest BCUT2D eigenvalue weighted by Crippen LogP contribution is 2.29. The number of halogens is 1. The summed E-state index contributed by atoms with van der Waals surface area (Å²) >= 11 is 6.10. The summed E-state index contributed by atoms with van der Waals surface area (Å²) in [6.45, 7) is 12.8. The number of aryl methyl sites for hydroxylation is 2. The predicted molar refractivity (Wildman–Crippen MR) is 90.9 cm³/mol. The number of carbonyl (C=O) groups excluding carboxylic acids is 1. The maximum absolute atomic E-state index is 12.1. The van der Waals surface area contributed by atoms with E-state index in [0.29, 0.717) is 13.1 Å². The van der Waals surface area contributed by atoms with Gasteiger partial charge in [0, 0.05) is 36.9 Å². The van der Waals surface area contributed by atoms with Gasteiger partial charge in [-0.1, -0.05) is 11.6 Å². The van der Waals surface area contributed by atoms with Crippen LogP contribution in [0.5, 0.6) is 0 Å². The molecule has 1 aliphatic heterocycles. The van der Waals surface area contributed by atoms with Gasteiger partial charge in [0.15, 0.2) is 0 Å². The third kappa shape index (κ3) is 4.07. The van der Waals surface area contributed by atoms with Crippen LogP contribution in [0.1, 0.15) is 31.9 Å². The van der Waals surface area contributed by atoms with E-state index in [-0.39, 0.29) is 6.09 Å². The van der Waals surface area contributed by atoms with Gasteiger partial charge in [-0.25, -0.2) is 4.79 Å². The Kier molecular flexibility index (Phi) is 4.90. The average molecular weight is 325 g/mol. The first-order valence-electron chi connectivity index (χ1n) is 7.67. The smallest absolute Gasteiger partial charge is 0.410 e. The van der Waals surface area contributed by atoms with E-state index in [1.165, 1.54) is 16.8 Å². The van der Waals surface area contributed by atoms with Crippen LogP contribution in [-0.4, -0.2) is 42.8 Å². The van der Waals surface area contributed by atoms with Crippen molar-refractivity contribution in [1.29, 1.82) is 0 Å². The summed E-state index contributed by atoms with van der Waals surface area (Å²) in [6.07, 6.45) is -0.225. The normalized spacial score (nSPS) is 15.9. The van der Waals surface area contributed by atoms with Crippen molar-refractivity contribution in [2.45, 2.75) is 40.2 Å². The lowest BCUT2D eigenvalue weighted by atomic mass is 10.1. The Morgan fingerprint density at radius 2 is 1.59 bits per heavy atom. The van der Waals surface area contributed by atoms with Gasteiger partial charge in [0.05, 0.1) is 0 Å². The zero-order valence-corrected chi connectivity index (χ0v) is 14.8. The molecule has 1 saturated heterocycles. The second-order valence-electron chi connectivity index (χ2n) is 6.84. The fourth-order valence-corrected chi connectivity index (χ4v) is 3.17. The Morgan fingerprint density at radius 3 is 2.05 bits per heavy atom. The largest absolute Gasteiger partial charge is 0.444 e. The van der Waals surface area contributed by atoms with E-state index in [0.717, 1.165) is 18.1 Å². The van der Waals surface area contributed by atoms with Crippen molar-refractivity contribution < 1.29 is 9.53 Å². The van der Waals surface area contributed by atoms with Crippen LogP contribution in [0.4, 0.5) is 10.5 Å². The molecule has 0 bridgehead atoms. The first-order chi connectivity index (χ1) is 10.2. The van der Waals surface area contributed by atoms with Gasteiger partial charge < -0.3 is 14.5 Å². The minimum Gasteiger partial charge on any atom is -0.444 e. The predicted octanol–water partition coefficient (Wildman–Crippen LogP) is 4.01. The van der Waals surface area contributed by atoms with E-state index in [4.69, 9.17) is 16.3 Å². The van der Waals surface area contributed by atoms with Gasteiger partial charge in [0.2, 0.25) is 0 Å². The number of hydrogen-bond acceptors (Lipinski definition) is 3. The van der Waals surface area contributed by atoms with Gasteiger partial charge in [0.25, 0.3) is 0 Å². The Labute approximate surface area is 138 Å². The zero-order valence-electron chi connectivity index (χ0n) is 14.1. The molecule has 0 atom stereocenters. The third-order valence-electron chi connectivity index (χ3n) is 3.70. The number of benzene rings is 1. The molecule has 1 amide bonds. The molecule has 122 valence electrons. The lowest BCUT2D eigenvalue weighted by Crippen LogP contribution is -2.50. The van der Waals surface area contributed by atoms with Crippen molar-refractivity contribution >= 4 is 23.4 Å². The lowest BCUT2D eigenvalue weighted by Gasteiger charge is -2.38.